The average molecular weight is 269 g/mol. The van der Waals surface area contributed by atoms with Crippen LogP contribution in [0, 0.1) is 0 Å². The van der Waals surface area contributed by atoms with Crippen LogP contribution in [-0.2, 0) is 21.2 Å². The lowest BCUT2D eigenvalue weighted by Gasteiger charge is -2.25. The first-order chi connectivity index (χ1) is 8.58. The molecule has 0 aliphatic carbocycles. The summed E-state index contributed by atoms with van der Waals surface area (Å²) in [6.45, 7) is 0.663. The van der Waals surface area contributed by atoms with Gasteiger partial charge >= 0.3 is 0 Å². The molecule has 98 valence electrons. The van der Waals surface area contributed by atoms with Crippen molar-refractivity contribution in [2.45, 2.75) is 6.42 Å². The molecule has 1 aromatic heterocycles. The van der Waals surface area contributed by atoms with Crippen molar-refractivity contribution in [2.24, 2.45) is 0 Å². The molecule has 0 atom stereocenters. The minimum atomic E-state index is -3.36. The largest absolute Gasteiger partial charge is 0.354 e. The number of nitrogens with one attached hydrogen (secondary N) is 1. The second kappa shape index (κ2) is 5.45. The summed E-state index contributed by atoms with van der Waals surface area (Å²) in [5, 5.41) is 2.60. The van der Waals surface area contributed by atoms with E-state index in [4.69, 9.17) is 0 Å². The summed E-state index contributed by atoms with van der Waals surface area (Å²) in [4.78, 5) is 15.0. The Morgan fingerprint density at radius 1 is 1.33 bits per heavy atom. The van der Waals surface area contributed by atoms with Gasteiger partial charge in [0.25, 0.3) is 0 Å². The highest BCUT2D eigenvalue weighted by molar-refractivity contribution is 7.89. The minimum absolute atomic E-state index is 0.0181. The van der Waals surface area contributed by atoms with Crippen molar-refractivity contribution in [2.75, 3.05) is 25.4 Å². The van der Waals surface area contributed by atoms with Crippen LogP contribution in [-0.4, -0.2) is 49.0 Å². The molecule has 0 spiro atoms. The van der Waals surface area contributed by atoms with Crippen LogP contribution < -0.4 is 5.32 Å². The molecule has 1 saturated heterocycles. The second-order valence-electron chi connectivity index (χ2n) is 4.10. The van der Waals surface area contributed by atoms with Gasteiger partial charge < -0.3 is 5.32 Å². The SMILES string of the molecule is O=C1CN(S(=O)(=O)CCc2ccncc2)CCN1. The fraction of sp³-hybridized carbons (Fsp3) is 0.455. The van der Waals surface area contributed by atoms with Crippen molar-refractivity contribution < 1.29 is 13.2 Å². The Labute approximate surface area is 106 Å². The van der Waals surface area contributed by atoms with Crippen LogP contribution in [0.5, 0.6) is 0 Å². The van der Waals surface area contributed by atoms with Crippen molar-refractivity contribution >= 4 is 15.9 Å². The summed E-state index contributed by atoms with van der Waals surface area (Å²) in [5.74, 6) is -0.224. The van der Waals surface area contributed by atoms with E-state index in [0.717, 1.165) is 5.56 Å². The minimum Gasteiger partial charge on any atom is -0.354 e. The third-order valence-corrected chi connectivity index (χ3v) is 4.61. The smallest absolute Gasteiger partial charge is 0.235 e. The standard InChI is InChI=1S/C11H15N3O3S/c15-11-9-14(7-6-13-11)18(16,17)8-3-10-1-4-12-5-2-10/h1-2,4-5H,3,6-9H2,(H,13,15). The predicted molar refractivity (Wildman–Crippen MR) is 66.3 cm³/mol. The maximum Gasteiger partial charge on any atom is 0.235 e. The zero-order chi connectivity index (χ0) is 13.0. The van der Waals surface area contributed by atoms with E-state index in [0.29, 0.717) is 19.5 Å². The van der Waals surface area contributed by atoms with Gasteiger partial charge in [-0.3, -0.25) is 9.78 Å². The zero-order valence-electron chi connectivity index (χ0n) is 9.87. The number of hydrogen-bond donors (Lipinski definition) is 1. The zero-order valence-corrected chi connectivity index (χ0v) is 10.7. The normalized spacial score (nSPS) is 17.4. The highest BCUT2D eigenvalue weighted by Gasteiger charge is 2.26. The summed E-state index contributed by atoms with van der Waals surface area (Å²) in [6, 6.07) is 3.58. The topological polar surface area (TPSA) is 79.4 Å². The fourth-order valence-corrected chi connectivity index (χ4v) is 3.21. The van der Waals surface area contributed by atoms with Crippen molar-refractivity contribution in [3.8, 4) is 0 Å². The number of nitrogens with zero attached hydrogens (tertiary/aromatic N) is 2. The molecular weight excluding hydrogens is 254 g/mol. The molecule has 1 aliphatic rings. The van der Waals surface area contributed by atoms with Gasteiger partial charge in [0.15, 0.2) is 0 Å². The average Bonchev–Trinajstić information content (AvgIpc) is 2.38. The van der Waals surface area contributed by atoms with Crippen molar-refractivity contribution in [1.29, 1.82) is 0 Å². The van der Waals surface area contributed by atoms with E-state index in [-0.39, 0.29) is 18.2 Å². The Bertz CT molecular complexity index is 516. The van der Waals surface area contributed by atoms with Gasteiger partial charge in [-0.15, -0.1) is 0 Å². The number of pyridine rings is 1. The van der Waals surface area contributed by atoms with Crippen LogP contribution in [0.4, 0.5) is 0 Å². The number of amides is 1. The molecule has 0 unspecified atom stereocenters. The first-order valence-electron chi connectivity index (χ1n) is 5.71. The van der Waals surface area contributed by atoms with E-state index in [2.05, 4.69) is 10.3 Å². The third kappa shape index (κ3) is 3.27. The Balaban J connectivity index is 1.97. The number of sulfonamides is 1. The Morgan fingerprint density at radius 2 is 2.06 bits per heavy atom. The number of carbonyl (C=O) groups is 1. The molecule has 7 heteroatoms. The first-order valence-corrected chi connectivity index (χ1v) is 7.32. The van der Waals surface area contributed by atoms with Crippen LogP contribution in [0.1, 0.15) is 5.56 Å². The van der Waals surface area contributed by atoms with Crippen LogP contribution in [0.2, 0.25) is 0 Å². The van der Waals surface area contributed by atoms with E-state index >= 15 is 0 Å². The highest BCUT2D eigenvalue weighted by atomic mass is 32.2. The van der Waals surface area contributed by atoms with Crippen LogP contribution in [0.25, 0.3) is 0 Å². The lowest BCUT2D eigenvalue weighted by molar-refractivity contribution is -0.122. The van der Waals surface area contributed by atoms with Gasteiger partial charge in [-0.25, -0.2) is 8.42 Å². The maximum absolute atomic E-state index is 12.0. The molecule has 1 amide bonds. The molecule has 18 heavy (non-hydrogen) atoms. The van der Waals surface area contributed by atoms with E-state index in [9.17, 15) is 13.2 Å². The molecule has 0 bridgehead atoms. The summed E-state index contributed by atoms with van der Waals surface area (Å²) >= 11 is 0. The third-order valence-electron chi connectivity index (χ3n) is 2.79. The fourth-order valence-electron chi connectivity index (χ4n) is 1.78. The Kier molecular flexibility index (Phi) is 3.93. The highest BCUT2D eigenvalue weighted by Crippen LogP contribution is 2.07. The molecule has 6 nitrogen and oxygen atoms in total. The van der Waals surface area contributed by atoms with Crippen LogP contribution >= 0.6 is 0 Å². The van der Waals surface area contributed by atoms with Gasteiger partial charge in [-0.05, 0) is 24.1 Å². The van der Waals surface area contributed by atoms with Gasteiger partial charge in [0.05, 0.1) is 12.3 Å². The molecule has 0 radical (unpaired) electrons. The van der Waals surface area contributed by atoms with Gasteiger partial charge in [0, 0.05) is 25.5 Å². The van der Waals surface area contributed by atoms with E-state index in [1.807, 2.05) is 0 Å². The monoisotopic (exact) mass is 269 g/mol. The number of carbonyl (C=O) groups excluding carboxylic acids is 1. The lowest BCUT2D eigenvalue weighted by Crippen LogP contribution is -2.50. The Hall–Kier alpha value is -1.47. The number of aromatic nitrogens is 1. The molecule has 1 aliphatic heterocycles. The van der Waals surface area contributed by atoms with Crippen molar-refractivity contribution in [1.82, 2.24) is 14.6 Å². The molecule has 1 aromatic rings. The van der Waals surface area contributed by atoms with Gasteiger partial charge in [0.1, 0.15) is 0 Å². The second-order valence-corrected chi connectivity index (χ2v) is 6.19. The van der Waals surface area contributed by atoms with Gasteiger partial charge in [-0.1, -0.05) is 0 Å². The summed E-state index contributed by atoms with van der Waals surface area (Å²) in [7, 11) is -3.36. The molecular formula is C11H15N3O3S. The lowest BCUT2D eigenvalue weighted by atomic mass is 10.2. The van der Waals surface area contributed by atoms with Gasteiger partial charge in [-0.2, -0.15) is 4.31 Å². The van der Waals surface area contributed by atoms with Crippen LogP contribution in [0.3, 0.4) is 0 Å². The summed E-state index contributed by atoms with van der Waals surface area (Å²) in [5.41, 5.74) is 0.926. The van der Waals surface area contributed by atoms with E-state index in [1.54, 1.807) is 24.5 Å². The maximum atomic E-state index is 12.0. The van der Waals surface area contributed by atoms with Crippen LogP contribution in [0.15, 0.2) is 24.5 Å². The quantitative estimate of drug-likeness (QED) is 0.790. The predicted octanol–water partition coefficient (Wildman–Crippen LogP) is -0.614. The summed E-state index contributed by atoms with van der Waals surface area (Å²) in [6.07, 6.45) is 3.70. The van der Waals surface area contributed by atoms with Crippen molar-refractivity contribution in [3.63, 3.8) is 0 Å². The number of rotatable bonds is 4. The number of piperazine rings is 1. The molecule has 1 fully saturated rings. The Morgan fingerprint density at radius 3 is 2.72 bits per heavy atom. The van der Waals surface area contributed by atoms with Crippen molar-refractivity contribution in [3.05, 3.63) is 30.1 Å². The van der Waals surface area contributed by atoms with E-state index < -0.39 is 10.0 Å². The molecule has 2 rings (SSSR count). The molecule has 1 N–H and O–H groups in total. The number of hydrogen-bond acceptors (Lipinski definition) is 4. The molecule has 2 heterocycles. The number of aryl methyl sites for hydroxylation is 1. The molecule has 0 aromatic carbocycles. The molecule has 0 saturated carbocycles. The first kappa shape index (κ1) is 13.0. The summed E-state index contributed by atoms with van der Waals surface area (Å²) < 4.78 is 25.3. The van der Waals surface area contributed by atoms with E-state index in [1.165, 1.54) is 4.31 Å². The van der Waals surface area contributed by atoms with Gasteiger partial charge in [0.2, 0.25) is 15.9 Å².